The Labute approximate surface area is 154 Å². The molecule has 0 bridgehead atoms. The van der Waals surface area contributed by atoms with E-state index in [0.29, 0.717) is 11.4 Å². The van der Waals surface area contributed by atoms with Gasteiger partial charge in [0.05, 0.1) is 11.4 Å². The van der Waals surface area contributed by atoms with E-state index in [1.807, 2.05) is 43.3 Å². The molecular formula is C20H26N4O2. The fourth-order valence-corrected chi connectivity index (χ4v) is 3.02. The van der Waals surface area contributed by atoms with Gasteiger partial charge >= 0.3 is 0 Å². The molecule has 26 heavy (non-hydrogen) atoms. The van der Waals surface area contributed by atoms with E-state index in [4.69, 9.17) is 10.5 Å². The number of amides is 1. The van der Waals surface area contributed by atoms with Crippen molar-refractivity contribution in [3.05, 3.63) is 48.0 Å². The molecule has 1 saturated heterocycles. The molecule has 6 nitrogen and oxygen atoms in total. The Hall–Kier alpha value is -2.73. The summed E-state index contributed by atoms with van der Waals surface area (Å²) in [4.78, 5) is 16.9. The number of hydrogen-bond acceptors (Lipinski definition) is 5. The highest BCUT2D eigenvalue weighted by Gasteiger charge is 2.18. The topological polar surface area (TPSA) is 70.8 Å². The minimum absolute atomic E-state index is 0.0412. The molecule has 1 fully saturated rings. The lowest BCUT2D eigenvalue weighted by atomic mass is 10.2. The van der Waals surface area contributed by atoms with Crippen LogP contribution < -0.4 is 20.7 Å². The van der Waals surface area contributed by atoms with Gasteiger partial charge in [0.15, 0.2) is 6.61 Å². The zero-order valence-corrected chi connectivity index (χ0v) is 15.4. The van der Waals surface area contributed by atoms with Crippen LogP contribution in [0.5, 0.6) is 5.75 Å². The molecule has 0 unspecified atom stereocenters. The third-order valence-corrected chi connectivity index (χ3v) is 4.50. The summed E-state index contributed by atoms with van der Waals surface area (Å²) in [5.41, 5.74) is 9.37. The van der Waals surface area contributed by atoms with Crippen LogP contribution >= 0.6 is 0 Å². The highest BCUT2D eigenvalue weighted by Crippen LogP contribution is 2.29. The predicted octanol–water partition coefficient (Wildman–Crippen LogP) is 2.35. The first-order chi connectivity index (χ1) is 12.5. The normalized spacial score (nSPS) is 14.9. The molecule has 0 radical (unpaired) electrons. The average molecular weight is 354 g/mol. The second-order valence-corrected chi connectivity index (χ2v) is 6.72. The number of benzene rings is 2. The lowest BCUT2D eigenvalue weighted by Gasteiger charge is -2.35. The maximum absolute atomic E-state index is 12.4. The minimum Gasteiger partial charge on any atom is -0.484 e. The van der Waals surface area contributed by atoms with Crippen LogP contribution in [0.2, 0.25) is 0 Å². The van der Waals surface area contributed by atoms with Crippen LogP contribution in [-0.2, 0) is 4.79 Å². The Kier molecular flexibility index (Phi) is 5.63. The Bertz CT molecular complexity index is 770. The summed E-state index contributed by atoms with van der Waals surface area (Å²) in [7, 11) is 2.12. The molecule has 2 aromatic rings. The number of carbonyl (C=O) groups excluding carboxylic acids is 1. The molecule has 1 aliphatic heterocycles. The van der Waals surface area contributed by atoms with E-state index in [9.17, 15) is 4.79 Å². The Morgan fingerprint density at radius 2 is 1.92 bits per heavy atom. The quantitative estimate of drug-likeness (QED) is 0.807. The van der Waals surface area contributed by atoms with Gasteiger partial charge in [0, 0.05) is 31.9 Å². The van der Waals surface area contributed by atoms with Gasteiger partial charge in [-0.3, -0.25) is 4.79 Å². The van der Waals surface area contributed by atoms with E-state index in [1.165, 1.54) is 0 Å². The van der Waals surface area contributed by atoms with Crippen molar-refractivity contribution >= 4 is 23.0 Å². The first-order valence-corrected chi connectivity index (χ1v) is 8.83. The van der Waals surface area contributed by atoms with Gasteiger partial charge in [0.1, 0.15) is 5.75 Å². The van der Waals surface area contributed by atoms with Crippen molar-refractivity contribution in [3.63, 3.8) is 0 Å². The molecule has 0 aliphatic carbocycles. The number of rotatable bonds is 5. The number of nitrogens with zero attached hydrogens (tertiary/aromatic N) is 2. The van der Waals surface area contributed by atoms with Crippen LogP contribution in [0, 0.1) is 6.92 Å². The Balaban J connectivity index is 1.66. The maximum atomic E-state index is 12.4. The fourth-order valence-electron chi connectivity index (χ4n) is 3.02. The van der Waals surface area contributed by atoms with E-state index in [2.05, 4.69) is 22.2 Å². The molecule has 6 heteroatoms. The van der Waals surface area contributed by atoms with E-state index < -0.39 is 0 Å². The summed E-state index contributed by atoms with van der Waals surface area (Å²) < 4.78 is 5.59. The van der Waals surface area contributed by atoms with Gasteiger partial charge in [-0.25, -0.2) is 0 Å². The lowest BCUT2D eigenvalue weighted by Crippen LogP contribution is -2.44. The number of piperazine rings is 1. The van der Waals surface area contributed by atoms with Crippen LogP contribution in [0.4, 0.5) is 17.1 Å². The van der Waals surface area contributed by atoms with E-state index in [-0.39, 0.29) is 12.5 Å². The molecule has 1 aliphatic rings. The second kappa shape index (κ2) is 8.10. The molecule has 1 heterocycles. The number of carbonyl (C=O) groups is 1. The summed E-state index contributed by atoms with van der Waals surface area (Å²) in [5.74, 6) is 0.486. The first kappa shape index (κ1) is 18.1. The molecule has 3 N–H and O–H groups in total. The molecule has 0 saturated carbocycles. The third-order valence-electron chi connectivity index (χ3n) is 4.50. The zero-order chi connectivity index (χ0) is 18.5. The molecule has 0 spiro atoms. The minimum atomic E-state index is -0.201. The molecule has 2 aromatic carbocycles. The number of nitrogen functional groups attached to an aromatic ring is 1. The molecular weight excluding hydrogens is 328 g/mol. The zero-order valence-electron chi connectivity index (χ0n) is 15.4. The van der Waals surface area contributed by atoms with Gasteiger partial charge in [0.25, 0.3) is 5.91 Å². The van der Waals surface area contributed by atoms with Crippen molar-refractivity contribution in [2.45, 2.75) is 6.92 Å². The van der Waals surface area contributed by atoms with Crippen molar-refractivity contribution in [2.75, 3.05) is 55.8 Å². The van der Waals surface area contributed by atoms with E-state index in [1.54, 1.807) is 6.07 Å². The smallest absolute Gasteiger partial charge is 0.262 e. The summed E-state index contributed by atoms with van der Waals surface area (Å²) >= 11 is 0. The highest BCUT2D eigenvalue weighted by atomic mass is 16.5. The van der Waals surface area contributed by atoms with Gasteiger partial charge in [-0.1, -0.05) is 12.1 Å². The molecule has 138 valence electrons. The van der Waals surface area contributed by atoms with E-state index in [0.717, 1.165) is 43.1 Å². The van der Waals surface area contributed by atoms with Gasteiger partial charge in [-0.05, 0) is 49.9 Å². The average Bonchev–Trinajstić information content (AvgIpc) is 2.61. The van der Waals surface area contributed by atoms with Gasteiger partial charge in [-0.15, -0.1) is 0 Å². The van der Waals surface area contributed by atoms with Crippen molar-refractivity contribution in [2.24, 2.45) is 0 Å². The van der Waals surface area contributed by atoms with Crippen LogP contribution in [-0.4, -0.2) is 50.6 Å². The highest BCUT2D eigenvalue weighted by molar-refractivity contribution is 5.96. The molecule has 0 atom stereocenters. The molecule has 0 aromatic heterocycles. The fraction of sp³-hybridized carbons (Fsp3) is 0.350. The standard InChI is InChI=1S/C20H26N4O2/c1-15-4-3-5-17(12-15)26-14-20(25)22-18-13-16(21)6-7-19(18)24-10-8-23(2)9-11-24/h3-7,12-13H,8-11,14,21H2,1-2H3,(H,22,25). The summed E-state index contributed by atoms with van der Waals surface area (Å²) in [6.45, 7) is 5.77. The van der Waals surface area contributed by atoms with Crippen molar-refractivity contribution < 1.29 is 9.53 Å². The Morgan fingerprint density at radius 1 is 1.15 bits per heavy atom. The van der Waals surface area contributed by atoms with Crippen molar-refractivity contribution in [1.82, 2.24) is 4.90 Å². The summed E-state index contributed by atoms with van der Waals surface area (Å²) in [6.07, 6.45) is 0. The van der Waals surface area contributed by atoms with Crippen LogP contribution in [0.15, 0.2) is 42.5 Å². The van der Waals surface area contributed by atoms with E-state index >= 15 is 0 Å². The largest absolute Gasteiger partial charge is 0.484 e. The Morgan fingerprint density at radius 3 is 2.65 bits per heavy atom. The van der Waals surface area contributed by atoms with Gasteiger partial charge in [-0.2, -0.15) is 0 Å². The van der Waals surface area contributed by atoms with Crippen LogP contribution in [0.3, 0.4) is 0 Å². The number of likely N-dealkylation sites (N-methyl/N-ethyl adjacent to an activating group) is 1. The molecule has 1 amide bonds. The van der Waals surface area contributed by atoms with Gasteiger partial charge in [0.2, 0.25) is 0 Å². The monoisotopic (exact) mass is 354 g/mol. The van der Waals surface area contributed by atoms with Crippen LogP contribution in [0.25, 0.3) is 0 Å². The number of nitrogens with one attached hydrogen (secondary N) is 1. The summed E-state index contributed by atoms with van der Waals surface area (Å²) in [5, 5.41) is 2.95. The number of nitrogens with two attached hydrogens (primary N) is 1. The number of ether oxygens (including phenoxy) is 1. The van der Waals surface area contributed by atoms with Crippen molar-refractivity contribution in [1.29, 1.82) is 0 Å². The lowest BCUT2D eigenvalue weighted by molar-refractivity contribution is -0.118. The number of aryl methyl sites for hydroxylation is 1. The van der Waals surface area contributed by atoms with Crippen LogP contribution in [0.1, 0.15) is 5.56 Å². The third kappa shape index (κ3) is 4.67. The SMILES string of the molecule is Cc1cccc(OCC(=O)Nc2cc(N)ccc2N2CCN(C)CC2)c1. The second-order valence-electron chi connectivity index (χ2n) is 6.72. The summed E-state index contributed by atoms with van der Waals surface area (Å²) in [6, 6.07) is 13.3. The maximum Gasteiger partial charge on any atom is 0.262 e. The first-order valence-electron chi connectivity index (χ1n) is 8.83. The predicted molar refractivity (Wildman–Crippen MR) is 106 cm³/mol. The van der Waals surface area contributed by atoms with Gasteiger partial charge < -0.3 is 25.6 Å². The molecule has 3 rings (SSSR count). The number of anilines is 3. The van der Waals surface area contributed by atoms with Crippen molar-refractivity contribution in [3.8, 4) is 5.75 Å². The number of hydrogen-bond donors (Lipinski definition) is 2.